The lowest BCUT2D eigenvalue weighted by atomic mass is 9.93. The summed E-state index contributed by atoms with van der Waals surface area (Å²) in [5.74, 6) is 0.241. The fourth-order valence-corrected chi connectivity index (χ4v) is 2.85. The van der Waals surface area contributed by atoms with Gasteiger partial charge in [-0.1, -0.05) is 12.2 Å². The van der Waals surface area contributed by atoms with Crippen molar-refractivity contribution < 1.29 is 9.90 Å². The molecule has 0 aromatic carbocycles. The summed E-state index contributed by atoms with van der Waals surface area (Å²) in [5.41, 5.74) is 0.940. The third-order valence-electron chi connectivity index (χ3n) is 3.28. The summed E-state index contributed by atoms with van der Waals surface area (Å²) in [4.78, 5) is 11.8. The lowest BCUT2D eigenvalue weighted by Gasteiger charge is -2.17. The molecular formula is C14H19NO2S. The summed E-state index contributed by atoms with van der Waals surface area (Å²) in [7, 11) is 0. The maximum absolute atomic E-state index is 11.8. The number of rotatable bonds is 5. The van der Waals surface area contributed by atoms with Crippen molar-refractivity contribution >= 4 is 17.2 Å². The summed E-state index contributed by atoms with van der Waals surface area (Å²) in [6.07, 6.45) is 7.09. The van der Waals surface area contributed by atoms with Crippen LogP contribution < -0.4 is 5.32 Å². The second-order valence-electron chi connectivity index (χ2n) is 4.63. The molecule has 0 aliphatic heterocycles. The van der Waals surface area contributed by atoms with Crippen LogP contribution in [-0.2, 0) is 4.79 Å². The molecule has 2 N–H and O–H groups in total. The Bertz CT molecular complexity index is 400. The van der Waals surface area contributed by atoms with Gasteiger partial charge in [0.2, 0.25) is 5.91 Å². The van der Waals surface area contributed by atoms with Crippen LogP contribution in [0.15, 0.2) is 29.0 Å². The van der Waals surface area contributed by atoms with E-state index < -0.39 is 6.10 Å². The molecule has 0 bridgehead atoms. The smallest absolute Gasteiger partial charge is 0.223 e. The minimum atomic E-state index is -0.470. The Hall–Kier alpha value is -1.13. The quantitative estimate of drug-likeness (QED) is 0.804. The Morgan fingerprint density at radius 2 is 2.44 bits per heavy atom. The van der Waals surface area contributed by atoms with Crippen LogP contribution in [-0.4, -0.2) is 17.6 Å². The Balaban J connectivity index is 1.68. The van der Waals surface area contributed by atoms with E-state index in [1.54, 1.807) is 11.3 Å². The summed E-state index contributed by atoms with van der Waals surface area (Å²) in [6.45, 7) is 0.538. The average Bonchev–Trinajstić information content (AvgIpc) is 2.93. The second kappa shape index (κ2) is 6.71. The Morgan fingerprint density at radius 3 is 3.11 bits per heavy atom. The molecule has 2 atom stereocenters. The van der Waals surface area contributed by atoms with Crippen LogP contribution in [0, 0.1) is 5.92 Å². The van der Waals surface area contributed by atoms with E-state index in [-0.39, 0.29) is 11.8 Å². The monoisotopic (exact) mass is 265 g/mol. The van der Waals surface area contributed by atoms with E-state index in [0.717, 1.165) is 24.8 Å². The van der Waals surface area contributed by atoms with E-state index in [1.165, 1.54) is 0 Å². The highest BCUT2D eigenvalue weighted by Crippen LogP contribution is 2.20. The third-order valence-corrected chi connectivity index (χ3v) is 3.99. The van der Waals surface area contributed by atoms with Gasteiger partial charge in [0.25, 0.3) is 0 Å². The van der Waals surface area contributed by atoms with Crippen LogP contribution in [0.1, 0.15) is 37.4 Å². The average molecular weight is 265 g/mol. The molecule has 0 spiro atoms. The minimum absolute atomic E-state index is 0.119. The van der Waals surface area contributed by atoms with E-state index >= 15 is 0 Å². The zero-order valence-corrected chi connectivity index (χ0v) is 11.2. The molecule has 4 heteroatoms. The zero-order valence-electron chi connectivity index (χ0n) is 10.3. The number of aliphatic hydroxyl groups is 1. The number of carbonyl (C=O) groups excluding carboxylic acids is 1. The van der Waals surface area contributed by atoms with Gasteiger partial charge in [0.1, 0.15) is 0 Å². The fourth-order valence-electron chi connectivity index (χ4n) is 2.14. The van der Waals surface area contributed by atoms with Crippen molar-refractivity contribution in [1.82, 2.24) is 5.32 Å². The number of allylic oxidation sites excluding steroid dienone is 2. The maximum atomic E-state index is 11.8. The van der Waals surface area contributed by atoms with Crippen LogP contribution >= 0.6 is 11.3 Å². The molecule has 1 aromatic rings. The lowest BCUT2D eigenvalue weighted by Crippen LogP contribution is -2.32. The van der Waals surface area contributed by atoms with Crippen molar-refractivity contribution in [3.05, 3.63) is 34.5 Å². The number of aliphatic hydroxyl groups excluding tert-OH is 1. The maximum Gasteiger partial charge on any atom is 0.223 e. The summed E-state index contributed by atoms with van der Waals surface area (Å²) in [5, 5.41) is 16.7. The summed E-state index contributed by atoms with van der Waals surface area (Å²) < 4.78 is 0. The molecule has 0 radical (unpaired) electrons. The molecule has 2 rings (SSSR count). The number of hydrogen-bond donors (Lipinski definition) is 2. The molecule has 1 aliphatic carbocycles. The lowest BCUT2D eigenvalue weighted by molar-refractivity contribution is -0.125. The van der Waals surface area contributed by atoms with Crippen molar-refractivity contribution in [2.45, 2.75) is 31.8 Å². The van der Waals surface area contributed by atoms with E-state index in [1.807, 2.05) is 16.8 Å². The van der Waals surface area contributed by atoms with Gasteiger partial charge in [-0.2, -0.15) is 11.3 Å². The molecule has 0 fully saturated rings. The first kappa shape index (κ1) is 13.3. The van der Waals surface area contributed by atoms with Gasteiger partial charge >= 0.3 is 0 Å². The van der Waals surface area contributed by atoms with Gasteiger partial charge in [-0.25, -0.2) is 0 Å². The van der Waals surface area contributed by atoms with Gasteiger partial charge in [0.15, 0.2) is 0 Å². The highest BCUT2D eigenvalue weighted by atomic mass is 32.1. The molecule has 98 valence electrons. The molecule has 0 saturated heterocycles. The highest BCUT2D eigenvalue weighted by molar-refractivity contribution is 7.07. The first-order valence-corrected chi connectivity index (χ1v) is 7.34. The highest BCUT2D eigenvalue weighted by Gasteiger charge is 2.18. The van der Waals surface area contributed by atoms with Gasteiger partial charge in [0.05, 0.1) is 6.10 Å². The Kier molecular flexibility index (Phi) is 4.96. The first-order valence-electron chi connectivity index (χ1n) is 6.40. The number of amides is 1. The number of nitrogens with one attached hydrogen (secondary N) is 1. The fraction of sp³-hybridized carbons (Fsp3) is 0.500. The molecule has 18 heavy (non-hydrogen) atoms. The third kappa shape index (κ3) is 3.68. The van der Waals surface area contributed by atoms with Crippen LogP contribution in [0.3, 0.4) is 0 Å². The predicted octanol–water partition coefficient (Wildman–Crippen LogP) is 2.64. The number of carbonyl (C=O) groups is 1. The molecular weight excluding hydrogens is 246 g/mol. The first-order chi connectivity index (χ1) is 8.77. The van der Waals surface area contributed by atoms with E-state index in [0.29, 0.717) is 13.0 Å². The minimum Gasteiger partial charge on any atom is -0.388 e. The van der Waals surface area contributed by atoms with Crippen molar-refractivity contribution in [3.63, 3.8) is 0 Å². The molecule has 1 aromatic heterocycles. The van der Waals surface area contributed by atoms with Gasteiger partial charge in [-0.05, 0) is 48.1 Å². The molecule has 3 nitrogen and oxygen atoms in total. The molecule has 1 amide bonds. The van der Waals surface area contributed by atoms with Gasteiger partial charge in [-0.3, -0.25) is 4.79 Å². The van der Waals surface area contributed by atoms with Crippen molar-refractivity contribution in [3.8, 4) is 0 Å². The molecule has 1 heterocycles. The van der Waals surface area contributed by atoms with Crippen molar-refractivity contribution in [1.29, 1.82) is 0 Å². The zero-order chi connectivity index (χ0) is 12.8. The van der Waals surface area contributed by atoms with Crippen LogP contribution in [0.4, 0.5) is 0 Å². The summed E-state index contributed by atoms with van der Waals surface area (Å²) >= 11 is 1.58. The predicted molar refractivity (Wildman–Crippen MR) is 73.4 cm³/mol. The molecule has 0 saturated carbocycles. The molecule has 0 unspecified atom stereocenters. The van der Waals surface area contributed by atoms with Crippen LogP contribution in [0.25, 0.3) is 0 Å². The van der Waals surface area contributed by atoms with Crippen molar-refractivity contribution in [2.75, 3.05) is 6.54 Å². The van der Waals surface area contributed by atoms with Crippen LogP contribution in [0.2, 0.25) is 0 Å². The van der Waals surface area contributed by atoms with Gasteiger partial charge in [0, 0.05) is 12.5 Å². The standard InChI is InChI=1S/C14H19NO2S/c16-13(12-7-9-18-10-12)6-8-15-14(17)11-4-2-1-3-5-11/h1-2,7,9-11,13,16H,3-6,8H2,(H,15,17)/t11-,13+/m0/s1. The van der Waals surface area contributed by atoms with E-state index in [9.17, 15) is 9.90 Å². The summed E-state index contributed by atoms with van der Waals surface area (Å²) in [6, 6.07) is 1.92. The second-order valence-corrected chi connectivity index (χ2v) is 5.41. The Labute approximate surface area is 112 Å². The largest absolute Gasteiger partial charge is 0.388 e. The van der Waals surface area contributed by atoms with E-state index in [2.05, 4.69) is 17.5 Å². The molecule has 1 aliphatic rings. The van der Waals surface area contributed by atoms with Crippen molar-refractivity contribution in [2.24, 2.45) is 5.92 Å². The SMILES string of the molecule is O=C(NCC[C@@H](O)c1ccsc1)[C@H]1CC=CCC1. The van der Waals surface area contributed by atoms with Gasteiger partial charge in [-0.15, -0.1) is 0 Å². The van der Waals surface area contributed by atoms with E-state index in [4.69, 9.17) is 0 Å². The topological polar surface area (TPSA) is 49.3 Å². The van der Waals surface area contributed by atoms with Crippen LogP contribution in [0.5, 0.6) is 0 Å². The number of hydrogen-bond acceptors (Lipinski definition) is 3. The number of thiophene rings is 1. The Morgan fingerprint density at radius 1 is 1.56 bits per heavy atom. The normalized spacial score (nSPS) is 20.6. The van der Waals surface area contributed by atoms with Gasteiger partial charge < -0.3 is 10.4 Å².